The molecule has 0 aliphatic rings. The van der Waals surface area contributed by atoms with Crippen molar-refractivity contribution in [3.8, 4) is 0 Å². The maximum atomic E-state index is 12.4. The Kier molecular flexibility index (Phi) is 5.29. The Balaban J connectivity index is 2.10. The number of nitrogens with zero attached hydrogens (tertiary/aromatic N) is 2. The minimum absolute atomic E-state index is 0.0249. The van der Waals surface area contributed by atoms with Crippen molar-refractivity contribution < 1.29 is 13.2 Å². The Hall–Kier alpha value is -2.34. The smallest absolute Gasteiger partial charge is 0.231 e. The minimum Gasteiger partial charge on any atom is -0.315 e. The molecule has 2 rings (SSSR count). The number of amides is 1. The quantitative estimate of drug-likeness (QED) is 0.836. The summed E-state index contributed by atoms with van der Waals surface area (Å²) in [7, 11) is -0.0860. The first-order valence-corrected chi connectivity index (χ1v) is 9.39. The highest BCUT2D eigenvalue weighted by Gasteiger charge is 2.14. The lowest BCUT2D eigenvalue weighted by Gasteiger charge is -2.20. The van der Waals surface area contributed by atoms with Gasteiger partial charge < -0.3 is 4.90 Å². The van der Waals surface area contributed by atoms with Crippen LogP contribution < -0.4 is 9.21 Å². The van der Waals surface area contributed by atoms with Crippen LogP contribution in [0.1, 0.15) is 11.1 Å². The molecule has 0 saturated carbocycles. The van der Waals surface area contributed by atoms with E-state index < -0.39 is 10.0 Å². The first kappa shape index (κ1) is 18.0. The highest BCUT2D eigenvalue weighted by atomic mass is 32.2. The van der Waals surface area contributed by atoms with Gasteiger partial charge in [-0.2, -0.15) is 0 Å². The van der Waals surface area contributed by atoms with Crippen LogP contribution in [0.2, 0.25) is 0 Å². The zero-order chi connectivity index (χ0) is 17.9. The van der Waals surface area contributed by atoms with Crippen LogP contribution in [0.5, 0.6) is 0 Å². The van der Waals surface area contributed by atoms with E-state index in [1.165, 1.54) is 11.4 Å². The fourth-order valence-electron chi connectivity index (χ4n) is 2.22. The fourth-order valence-corrected chi connectivity index (χ4v) is 2.73. The van der Waals surface area contributed by atoms with E-state index in [4.69, 9.17) is 0 Å². The van der Waals surface area contributed by atoms with Crippen molar-refractivity contribution in [2.75, 3.05) is 29.6 Å². The number of benzene rings is 2. The van der Waals surface area contributed by atoms with Crippen LogP contribution in [0.4, 0.5) is 11.4 Å². The molecule has 2 aromatic rings. The lowest BCUT2D eigenvalue weighted by atomic mass is 10.1. The number of anilines is 2. The van der Waals surface area contributed by atoms with E-state index in [1.54, 1.807) is 36.2 Å². The topological polar surface area (TPSA) is 57.7 Å². The van der Waals surface area contributed by atoms with Crippen LogP contribution in [0.25, 0.3) is 0 Å². The molecule has 0 atom stereocenters. The summed E-state index contributed by atoms with van der Waals surface area (Å²) in [6, 6.07) is 14.7. The van der Waals surface area contributed by atoms with Crippen LogP contribution in [0, 0.1) is 6.92 Å². The van der Waals surface area contributed by atoms with Gasteiger partial charge in [0, 0.05) is 19.8 Å². The number of likely N-dealkylation sites (N-methyl/N-ethyl adjacent to an activating group) is 1. The van der Waals surface area contributed by atoms with E-state index in [-0.39, 0.29) is 5.91 Å². The third-order valence-electron chi connectivity index (χ3n) is 3.95. The van der Waals surface area contributed by atoms with Gasteiger partial charge in [0.2, 0.25) is 15.9 Å². The minimum atomic E-state index is -3.30. The Morgan fingerprint density at radius 3 is 1.92 bits per heavy atom. The maximum absolute atomic E-state index is 12.4. The van der Waals surface area contributed by atoms with Crippen molar-refractivity contribution in [3.05, 3.63) is 59.7 Å². The molecule has 1 amide bonds. The number of aryl methyl sites for hydroxylation is 1. The van der Waals surface area contributed by atoms with Crippen LogP contribution in [-0.4, -0.2) is 34.7 Å². The highest BCUT2D eigenvalue weighted by Crippen LogP contribution is 2.21. The summed E-state index contributed by atoms with van der Waals surface area (Å²) in [5, 5.41) is 0. The lowest BCUT2D eigenvalue weighted by molar-refractivity contribution is -0.117. The monoisotopic (exact) mass is 346 g/mol. The molecular weight excluding hydrogens is 324 g/mol. The van der Waals surface area contributed by atoms with Gasteiger partial charge in [-0.05, 0) is 36.8 Å². The van der Waals surface area contributed by atoms with Crippen molar-refractivity contribution in [1.82, 2.24) is 0 Å². The summed E-state index contributed by atoms with van der Waals surface area (Å²) in [5.41, 5.74) is 3.40. The average Bonchev–Trinajstić information content (AvgIpc) is 2.55. The van der Waals surface area contributed by atoms with E-state index in [2.05, 4.69) is 0 Å². The molecule has 2 aromatic carbocycles. The summed E-state index contributed by atoms with van der Waals surface area (Å²) in [4.78, 5) is 14.0. The average molecular weight is 346 g/mol. The van der Waals surface area contributed by atoms with E-state index in [1.807, 2.05) is 31.2 Å². The summed E-state index contributed by atoms with van der Waals surface area (Å²) in [6.07, 6.45) is 1.47. The molecule has 0 bridgehead atoms. The zero-order valence-electron chi connectivity index (χ0n) is 14.4. The largest absolute Gasteiger partial charge is 0.315 e. The normalized spacial score (nSPS) is 11.2. The number of hydrogen-bond donors (Lipinski definition) is 0. The highest BCUT2D eigenvalue weighted by molar-refractivity contribution is 7.92. The fraction of sp³-hybridized carbons (Fsp3) is 0.278. The van der Waals surface area contributed by atoms with Gasteiger partial charge >= 0.3 is 0 Å². The lowest BCUT2D eigenvalue weighted by Crippen LogP contribution is -2.28. The number of carbonyl (C=O) groups excluding carboxylic acids is 1. The standard InChI is InChI=1S/C18H22N2O3S/c1-14-5-7-15(8-6-14)13-18(21)19(2)16-9-11-17(12-10-16)20(3)24(4,22)23/h5-12H,13H2,1-4H3. The van der Waals surface area contributed by atoms with Crippen LogP contribution >= 0.6 is 0 Å². The molecule has 0 spiro atoms. The molecule has 6 heteroatoms. The van der Waals surface area contributed by atoms with Crippen molar-refractivity contribution in [3.63, 3.8) is 0 Å². The second-order valence-corrected chi connectivity index (χ2v) is 7.88. The van der Waals surface area contributed by atoms with Crippen molar-refractivity contribution in [2.24, 2.45) is 0 Å². The van der Waals surface area contributed by atoms with Crippen LogP contribution in [-0.2, 0) is 21.2 Å². The molecule has 0 aromatic heterocycles. The number of rotatable bonds is 5. The first-order valence-electron chi connectivity index (χ1n) is 7.54. The summed E-state index contributed by atoms with van der Waals surface area (Å²) in [6.45, 7) is 2.01. The summed E-state index contributed by atoms with van der Waals surface area (Å²) >= 11 is 0. The van der Waals surface area contributed by atoms with Gasteiger partial charge in [0.15, 0.2) is 0 Å². The molecule has 0 aliphatic heterocycles. The molecule has 128 valence electrons. The number of carbonyl (C=O) groups is 1. The molecule has 0 unspecified atom stereocenters. The second-order valence-electron chi connectivity index (χ2n) is 5.86. The summed E-state index contributed by atoms with van der Waals surface area (Å²) < 4.78 is 24.3. The van der Waals surface area contributed by atoms with E-state index in [0.717, 1.165) is 23.1 Å². The third kappa shape index (κ3) is 4.35. The van der Waals surface area contributed by atoms with E-state index in [9.17, 15) is 13.2 Å². The molecular formula is C18H22N2O3S. The van der Waals surface area contributed by atoms with Crippen molar-refractivity contribution in [2.45, 2.75) is 13.3 Å². The molecule has 0 aliphatic carbocycles. The van der Waals surface area contributed by atoms with Gasteiger partial charge in [-0.15, -0.1) is 0 Å². The Morgan fingerprint density at radius 2 is 1.42 bits per heavy atom. The molecule has 5 nitrogen and oxygen atoms in total. The predicted molar refractivity (Wildman–Crippen MR) is 98.0 cm³/mol. The summed E-state index contributed by atoms with van der Waals surface area (Å²) in [5.74, 6) is -0.0249. The predicted octanol–water partition coefficient (Wildman–Crippen LogP) is 2.60. The Morgan fingerprint density at radius 1 is 0.917 bits per heavy atom. The van der Waals surface area contributed by atoms with Gasteiger partial charge in [-0.25, -0.2) is 8.42 Å². The SMILES string of the molecule is Cc1ccc(CC(=O)N(C)c2ccc(N(C)S(C)(=O)=O)cc2)cc1. The molecule has 0 N–H and O–H groups in total. The number of hydrogen-bond acceptors (Lipinski definition) is 3. The second kappa shape index (κ2) is 7.05. The van der Waals surface area contributed by atoms with E-state index in [0.29, 0.717) is 12.1 Å². The Labute approximate surface area is 143 Å². The maximum Gasteiger partial charge on any atom is 0.231 e. The van der Waals surface area contributed by atoms with Gasteiger partial charge in [0.25, 0.3) is 0 Å². The van der Waals surface area contributed by atoms with Crippen LogP contribution in [0.3, 0.4) is 0 Å². The van der Waals surface area contributed by atoms with Gasteiger partial charge in [0.1, 0.15) is 0 Å². The van der Waals surface area contributed by atoms with Crippen molar-refractivity contribution in [1.29, 1.82) is 0 Å². The number of sulfonamides is 1. The van der Waals surface area contributed by atoms with Gasteiger partial charge in [-0.3, -0.25) is 9.10 Å². The zero-order valence-corrected chi connectivity index (χ0v) is 15.2. The molecule has 0 saturated heterocycles. The first-order chi connectivity index (χ1) is 11.2. The molecule has 0 fully saturated rings. The third-order valence-corrected chi connectivity index (χ3v) is 5.15. The van der Waals surface area contributed by atoms with Gasteiger partial charge in [-0.1, -0.05) is 29.8 Å². The Bertz CT molecular complexity index is 812. The van der Waals surface area contributed by atoms with Crippen LogP contribution in [0.15, 0.2) is 48.5 Å². The molecule has 24 heavy (non-hydrogen) atoms. The van der Waals surface area contributed by atoms with E-state index >= 15 is 0 Å². The molecule has 0 heterocycles. The molecule has 0 radical (unpaired) electrons. The van der Waals surface area contributed by atoms with Crippen molar-refractivity contribution >= 4 is 27.3 Å². The van der Waals surface area contributed by atoms with Gasteiger partial charge in [0.05, 0.1) is 18.4 Å².